The van der Waals surface area contributed by atoms with Crippen molar-refractivity contribution >= 4 is 23.2 Å². The molecule has 1 heterocycles. The van der Waals surface area contributed by atoms with Crippen molar-refractivity contribution in [3.05, 3.63) is 57.6 Å². The Morgan fingerprint density at radius 3 is 2.75 bits per heavy atom. The van der Waals surface area contributed by atoms with Crippen molar-refractivity contribution < 1.29 is 0 Å². The number of benzene rings is 1. The highest BCUT2D eigenvalue weighted by molar-refractivity contribution is 6.32. The van der Waals surface area contributed by atoms with Crippen LogP contribution >= 0.6 is 23.2 Å². The third kappa shape index (κ3) is 2.71. The maximum atomic E-state index is 5.96. The highest BCUT2D eigenvalue weighted by atomic mass is 35.5. The van der Waals surface area contributed by atoms with E-state index in [1.54, 1.807) is 0 Å². The summed E-state index contributed by atoms with van der Waals surface area (Å²) >= 11 is 11.6. The molecule has 1 aromatic heterocycles. The third-order valence-corrected chi connectivity index (χ3v) is 2.71. The van der Waals surface area contributed by atoms with Gasteiger partial charge in [-0.1, -0.05) is 53.0 Å². The zero-order chi connectivity index (χ0) is 11.5. The monoisotopic (exact) mass is 252 g/mol. The Morgan fingerprint density at radius 2 is 2.06 bits per heavy atom. The van der Waals surface area contributed by atoms with E-state index < -0.39 is 0 Å². The zero-order valence-electron chi connectivity index (χ0n) is 8.74. The molecule has 0 bridgehead atoms. The quantitative estimate of drug-likeness (QED) is 0.815. The summed E-state index contributed by atoms with van der Waals surface area (Å²) in [7, 11) is 0. The van der Waals surface area contributed by atoms with Crippen LogP contribution in [0, 0.1) is 6.92 Å². The van der Waals surface area contributed by atoms with Gasteiger partial charge < -0.3 is 0 Å². The van der Waals surface area contributed by atoms with Crippen molar-refractivity contribution in [3.63, 3.8) is 0 Å². The van der Waals surface area contributed by atoms with Crippen LogP contribution in [0.3, 0.4) is 0 Å². The Balaban J connectivity index is 2.27. The lowest BCUT2D eigenvalue weighted by atomic mass is 10.1. The van der Waals surface area contributed by atoms with Crippen molar-refractivity contribution in [3.8, 4) is 0 Å². The molecule has 2 aromatic rings. The number of halogens is 2. The number of hydrogen-bond donors (Lipinski definition) is 0. The third-order valence-electron chi connectivity index (χ3n) is 2.22. The van der Waals surface area contributed by atoms with E-state index in [9.17, 15) is 0 Å². The molecule has 0 spiro atoms. The van der Waals surface area contributed by atoms with Crippen molar-refractivity contribution in [2.45, 2.75) is 13.3 Å². The molecule has 0 aliphatic carbocycles. The van der Waals surface area contributed by atoms with E-state index in [0.717, 1.165) is 5.69 Å². The fourth-order valence-electron chi connectivity index (χ4n) is 1.51. The molecule has 0 N–H and O–H groups in total. The lowest BCUT2D eigenvalue weighted by Crippen LogP contribution is -1.96. The van der Waals surface area contributed by atoms with Gasteiger partial charge in [-0.05, 0) is 12.5 Å². The minimum Gasteiger partial charge on any atom is -0.255 e. The highest BCUT2D eigenvalue weighted by Gasteiger charge is 2.05. The Hall–Kier alpha value is -1.12. The van der Waals surface area contributed by atoms with Gasteiger partial charge in [0.2, 0.25) is 0 Å². The molecule has 0 aliphatic rings. The fourth-order valence-corrected chi connectivity index (χ4v) is 1.89. The van der Waals surface area contributed by atoms with Crippen LogP contribution in [0.5, 0.6) is 0 Å². The smallest absolute Gasteiger partial charge is 0.152 e. The second kappa shape index (κ2) is 4.81. The lowest BCUT2D eigenvalue weighted by molar-refractivity contribution is 1.03. The summed E-state index contributed by atoms with van der Waals surface area (Å²) in [6.07, 6.45) is 2.18. The number of rotatable bonds is 2. The van der Waals surface area contributed by atoms with Crippen molar-refractivity contribution in [1.29, 1.82) is 0 Å². The highest BCUT2D eigenvalue weighted by Crippen LogP contribution is 2.17. The molecule has 2 nitrogen and oxygen atoms in total. The molecule has 0 saturated carbocycles. The van der Waals surface area contributed by atoms with Gasteiger partial charge in [-0.15, -0.1) is 0 Å². The minimum absolute atomic E-state index is 0.318. The molecule has 0 unspecified atom stereocenters. The van der Waals surface area contributed by atoms with E-state index in [1.165, 1.54) is 17.3 Å². The summed E-state index contributed by atoms with van der Waals surface area (Å²) in [6.45, 7) is 2.05. The van der Waals surface area contributed by atoms with E-state index in [1.807, 2.05) is 12.1 Å². The standard InChI is InChI=1S/C12H10Cl2N2/c1-8-3-2-4-9(5-8)6-10-12(14)16-11(13)7-15-10/h2-5,7H,6H2,1H3. The Kier molecular flexibility index (Phi) is 3.42. The van der Waals surface area contributed by atoms with Crippen LogP contribution in [-0.4, -0.2) is 9.97 Å². The van der Waals surface area contributed by atoms with Gasteiger partial charge in [-0.3, -0.25) is 4.98 Å². The summed E-state index contributed by atoms with van der Waals surface area (Å²) < 4.78 is 0. The van der Waals surface area contributed by atoms with Crippen molar-refractivity contribution in [2.24, 2.45) is 0 Å². The minimum atomic E-state index is 0.318. The van der Waals surface area contributed by atoms with Crippen molar-refractivity contribution in [1.82, 2.24) is 9.97 Å². The van der Waals surface area contributed by atoms with Gasteiger partial charge in [-0.25, -0.2) is 4.98 Å². The Morgan fingerprint density at radius 1 is 1.25 bits per heavy atom. The summed E-state index contributed by atoms with van der Waals surface area (Å²) in [4.78, 5) is 8.14. The van der Waals surface area contributed by atoms with E-state index >= 15 is 0 Å². The van der Waals surface area contributed by atoms with Crippen LogP contribution in [0.1, 0.15) is 16.8 Å². The largest absolute Gasteiger partial charge is 0.255 e. The van der Waals surface area contributed by atoms with E-state index in [0.29, 0.717) is 16.7 Å². The van der Waals surface area contributed by atoms with Crippen LogP contribution < -0.4 is 0 Å². The average Bonchev–Trinajstić information content (AvgIpc) is 2.22. The first kappa shape index (κ1) is 11.4. The molecule has 0 saturated heterocycles. The zero-order valence-corrected chi connectivity index (χ0v) is 10.3. The predicted octanol–water partition coefficient (Wildman–Crippen LogP) is 3.68. The normalized spacial score (nSPS) is 10.4. The Bertz CT molecular complexity index is 512. The molecule has 16 heavy (non-hydrogen) atoms. The van der Waals surface area contributed by atoms with Crippen LogP contribution in [0.15, 0.2) is 30.5 Å². The van der Waals surface area contributed by atoms with Gasteiger partial charge in [0.1, 0.15) is 5.15 Å². The summed E-state index contributed by atoms with van der Waals surface area (Å²) in [6, 6.07) is 8.22. The molecule has 82 valence electrons. The molecule has 0 fully saturated rings. The van der Waals surface area contributed by atoms with Gasteiger partial charge in [0.25, 0.3) is 0 Å². The molecule has 0 amide bonds. The molecule has 0 radical (unpaired) electrons. The molecule has 0 atom stereocenters. The maximum absolute atomic E-state index is 5.96. The molecule has 2 rings (SSSR count). The van der Waals surface area contributed by atoms with Crippen LogP contribution in [0.4, 0.5) is 0 Å². The molecule has 1 aromatic carbocycles. The first-order chi connectivity index (χ1) is 7.65. The second-order valence-electron chi connectivity index (χ2n) is 3.60. The second-order valence-corrected chi connectivity index (χ2v) is 4.34. The number of hydrogen-bond acceptors (Lipinski definition) is 2. The predicted molar refractivity (Wildman–Crippen MR) is 66.0 cm³/mol. The number of nitrogens with zero attached hydrogens (tertiary/aromatic N) is 2. The molecular formula is C12H10Cl2N2. The number of aromatic nitrogens is 2. The maximum Gasteiger partial charge on any atom is 0.152 e. The lowest BCUT2D eigenvalue weighted by Gasteiger charge is -2.04. The van der Waals surface area contributed by atoms with Gasteiger partial charge in [0.05, 0.1) is 11.9 Å². The van der Waals surface area contributed by atoms with Crippen LogP contribution in [0.25, 0.3) is 0 Å². The topological polar surface area (TPSA) is 25.8 Å². The number of aryl methyl sites for hydroxylation is 1. The summed E-state index contributed by atoms with van der Waals surface area (Å²) in [5.41, 5.74) is 3.13. The fraction of sp³-hybridized carbons (Fsp3) is 0.167. The first-order valence-electron chi connectivity index (χ1n) is 4.87. The van der Waals surface area contributed by atoms with E-state index in [-0.39, 0.29) is 0 Å². The first-order valence-corrected chi connectivity index (χ1v) is 5.63. The Labute approximate surface area is 104 Å². The molecular weight excluding hydrogens is 243 g/mol. The van der Waals surface area contributed by atoms with Crippen molar-refractivity contribution in [2.75, 3.05) is 0 Å². The van der Waals surface area contributed by atoms with Gasteiger partial charge in [-0.2, -0.15) is 0 Å². The molecule has 4 heteroatoms. The van der Waals surface area contributed by atoms with Crippen LogP contribution in [0.2, 0.25) is 10.3 Å². The van der Waals surface area contributed by atoms with Gasteiger partial charge in [0, 0.05) is 6.42 Å². The average molecular weight is 253 g/mol. The van der Waals surface area contributed by atoms with Gasteiger partial charge >= 0.3 is 0 Å². The SMILES string of the molecule is Cc1cccc(Cc2ncc(Cl)nc2Cl)c1. The van der Waals surface area contributed by atoms with Gasteiger partial charge in [0.15, 0.2) is 5.15 Å². The summed E-state index contributed by atoms with van der Waals surface area (Å²) in [5, 5.41) is 0.687. The molecule has 0 aliphatic heterocycles. The van der Waals surface area contributed by atoms with E-state index in [2.05, 4.69) is 29.0 Å². The van der Waals surface area contributed by atoms with E-state index in [4.69, 9.17) is 23.2 Å². The van der Waals surface area contributed by atoms with Crippen LogP contribution in [-0.2, 0) is 6.42 Å². The summed E-state index contributed by atoms with van der Waals surface area (Å²) in [5.74, 6) is 0.